The summed E-state index contributed by atoms with van der Waals surface area (Å²) in [6.07, 6.45) is 8.37. The van der Waals surface area contributed by atoms with Crippen LogP contribution in [0, 0.1) is 12.7 Å². The third-order valence-electron chi connectivity index (χ3n) is 8.84. The molecule has 6 rings (SSSR count). The van der Waals surface area contributed by atoms with Crippen LogP contribution in [0.2, 0.25) is 0 Å². The minimum absolute atomic E-state index is 0. The maximum atomic E-state index is 14.1. The summed E-state index contributed by atoms with van der Waals surface area (Å²) in [5, 5.41) is 3.52. The van der Waals surface area contributed by atoms with Gasteiger partial charge < -0.3 is 9.88 Å². The molecule has 3 saturated heterocycles. The molecule has 0 aliphatic carbocycles. The Hall–Kier alpha value is -1.66. The van der Waals surface area contributed by atoms with Crippen molar-refractivity contribution >= 4 is 35.8 Å². The van der Waals surface area contributed by atoms with Crippen LogP contribution in [0.1, 0.15) is 62.4 Å². The highest BCUT2D eigenvalue weighted by molar-refractivity contribution is 5.85. The number of nitrogens with zero attached hydrogens (tertiary/aromatic N) is 3. The third kappa shape index (κ3) is 4.85. The molecule has 3 atom stereocenters. The van der Waals surface area contributed by atoms with Crippen molar-refractivity contribution < 1.29 is 4.39 Å². The van der Waals surface area contributed by atoms with Crippen LogP contribution in [0.5, 0.6) is 0 Å². The number of aryl methyl sites for hydroxylation is 1. The van der Waals surface area contributed by atoms with Crippen molar-refractivity contribution in [1.29, 1.82) is 0 Å². The number of aromatic nitrogens is 2. The zero-order chi connectivity index (χ0) is 22.4. The zero-order valence-electron chi connectivity index (χ0n) is 20.5. The van der Waals surface area contributed by atoms with Crippen LogP contribution in [-0.2, 0) is 5.41 Å². The predicted molar refractivity (Wildman–Crippen MR) is 146 cm³/mol. The van der Waals surface area contributed by atoms with Crippen LogP contribution in [-0.4, -0.2) is 46.2 Å². The number of para-hydroxylation sites is 2. The van der Waals surface area contributed by atoms with Crippen molar-refractivity contribution in [2.45, 2.75) is 75.4 Å². The lowest BCUT2D eigenvalue weighted by Gasteiger charge is -2.44. The largest absolute Gasteiger partial charge is 0.325 e. The fraction of sp³-hybridized carbons (Fsp3) is 0.536. The van der Waals surface area contributed by atoms with E-state index in [2.05, 4.69) is 52.0 Å². The van der Waals surface area contributed by atoms with Crippen molar-refractivity contribution in [1.82, 2.24) is 19.8 Å². The van der Waals surface area contributed by atoms with Crippen molar-refractivity contribution in [3.63, 3.8) is 0 Å². The van der Waals surface area contributed by atoms with Gasteiger partial charge in [0.05, 0.1) is 11.0 Å². The Labute approximate surface area is 220 Å². The highest BCUT2D eigenvalue weighted by Crippen LogP contribution is 2.44. The summed E-state index contributed by atoms with van der Waals surface area (Å²) in [5.41, 5.74) is 3.70. The molecule has 190 valence electrons. The van der Waals surface area contributed by atoms with E-state index in [0.29, 0.717) is 18.1 Å². The molecule has 2 aromatic carbocycles. The van der Waals surface area contributed by atoms with E-state index in [9.17, 15) is 4.39 Å². The van der Waals surface area contributed by atoms with Crippen molar-refractivity contribution in [2.24, 2.45) is 0 Å². The van der Waals surface area contributed by atoms with Crippen LogP contribution in [0.25, 0.3) is 11.0 Å². The van der Waals surface area contributed by atoms with E-state index < -0.39 is 0 Å². The molecule has 35 heavy (non-hydrogen) atoms. The van der Waals surface area contributed by atoms with E-state index in [1.54, 1.807) is 12.1 Å². The van der Waals surface area contributed by atoms with Gasteiger partial charge in [-0.05, 0) is 107 Å². The number of rotatable bonds is 5. The topological polar surface area (TPSA) is 33.1 Å². The van der Waals surface area contributed by atoms with Gasteiger partial charge in [-0.3, -0.25) is 4.90 Å². The monoisotopic (exact) mass is 518 g/mol. The molecule has 4 nitrogen and oxygen atoms in total. The highest BCUT2D eigenvalue weighted by Gasteiger charge is 2.43. The van der Waals surface area contributed by atoms with Gasteiger partial charge in [0.25, 0.3) is 0 Å². The van der Waals surface area contributed by atoms with E-state index in [0.717, 1.165) is 50.2 Å². The van der Waals surface area contributed by atoms with Crippen LogP contribution >= 0.6 is 24.8 Å². The molecule has 0 spiro atoms. The predicted octanol–water partition coefficient (Wildman–Crippen LogP) is 6.21. The van der Waals surface area contributed by atoms with Crippen LogP contribution in [0.15, 0.2) is 48.5 Å². The van der Waals surface area contributed by atoms with Crippen LogP contribution in [0.4, 0.5) is 4.39 Å². The normalized spacial score (nSPS) is 25.7. The van der Waals surface area contributed by atoms with Gasteiger partial charge in [-0.15, -0.1) is 24.8 Å². The Bertz CT molecular complexity index is 1130. The fourth-order valence-electron chi connectivity index (χ4n) is 7.20. The Morgan fingerprint density at radius 1 is 0.971 bits per heavy atom. The summed E-state index contributed by atoms with van der Waals surface area (Å²) in [6.45, 7) is 5.34. The van der Waals surface area contributed by atoms with Crippen LogP contribution < -0.4 is 5.32 Å². The van der Waals surface area contributed by atoms with Gasteiger partial charge in [0.2, 0.25) is 0 Å². The second kappa shape index (κ2) is 10.8. The molecule has 2 unspecified atom stereocenters. The first-order valence-electron chi connectivity index (χ1n) is 12.8. The smallest absolute Gasteiger partial charge is 0.123 e. The Morgan fingerprint density at radius 2 is 1.69 bits per heavy atom. The quantitative estimate of drug-likeness (QED) is 0.435. The van der Waals surface area contributed by atoms with Gasteiger partial charge in [0.15, 0.2) is 0 Å². The number of fused-ring (bicyclic) bond motifs is 3. The SMILES string of the molecule is Cc1nc2ccccc2n1C1CC2CC[C@@H](C1)N2CCC1(c2cccc(F)c2)CCNCC1.Cl.Cl. The summed E-state index contributed by atoms with van der Waals surface area (Å²) in [4.78, 5) is 7.65. The van der Waals surface area contributed by atoms with Crippen molar-refractivity contribution in [3.05, 3.63) is 65.7 Å². The Kier molecular flexibility index (Phi) is 8.12. The number of benzene rings is 2. The van der Waals surface area contributed by atoms with E-state index in [1.165, 1.54) is 36.8 Å². The molecular weight excluding hydrogens is 482 g/mol. The molecule has 1 aromatic heterocycles. The minimum Gasteiger partial charge on any atom is -0.325 e. The van der Waals surface area contributed by atoms with E-state index in [4.69, 9.17) is 4.98 Å². The van der Waals surface area contributed by atoms with E-state index in [-0.39, 0.29) is 36.0 Å². The number of nitrogens with one attached hydrogen (secondary N) is 1. The molecule has 0 saturated carbocycles. The van der Waals surface area contributed by atoms with Crippen LogP contribution in [0.3, 0.4) is 0 Å². The van der Waals surface area contributed by atoms with Crippen molar-refractivity contribution in [3.8, 4) is 0 Å². The van der Waals surface area contributed by atoms with Crippen molar-refractivity contribution in [2.75, 3.05) is 19.6 Å². The number of hydrogen-bond donors (Lipinski definition) is 1. The second-order valence-electron chi connectivity index (χ2n) is 10.6. The fourth-order valence-corrected chi connectivity index (χ4v) is 7.20. The molecule has 3 fully saturated rings. The summed E-state index contributed by atoms with van der Waals surface area (Å²) in [7, 11) is 0. The lowest BCUT2D eigenvalue weighted by molar-refractivity contribution is 0.0928. The lowest BCUT2D eigenvalue weighted by atomic mass is 9.70. The number of imidazole rings is 1. The second-order valence-corrected chi connectivity index (χ2v) is 10.6. The average molecular weight is 520 g/mol. The molecule has 1 N–H and O–H groups in total. The first-order chi connectivity index (χ1) is 16.1. The molecule has 2 bridgehead atoms. The van der Waals surface area contributed by atoms with Gasteiger partial charge in [-0.1, -0.05) is 24.3 Å². The van der Waals surface area contributed by atoms with Gasteiger partial charge in [0, 0.05) is 18.1 Å². The molecule has 0 amide bonds. The molecule has 4 heterocycles. The maximum Gasteiger partial charge on any atom is 0.123 e. The molecule has 3 aliphatic heterocycles. The van der Waals surface area contributed by atoms with E-state index in [1.807, 2.05) is 6.07 Å². The molecular formula is C28H37Cl2FN4. The summed E-state index contributed by atoms with van der Waals surface area (Å²) < 4.78 is 16.6. The van der Waals surface area contributed by atoms with Gasteiger partial charge in [0.1, 0.15) is 11.6 Å². The number of halogens is 3. The molecule has 3 aliphatic rings. The molecule has 7 heteroatoms. The molecule has 3 aromatic rings. The van der Waals surface area contributed by atoms with E-state index >= 15 is 0 Å². The third-order valence-corrected chi connectivity index (χ3v) is 8.84. The van der Waals surface area contributed by atoms with Gasteiger partial charge in [-0.2, -0.15) is 0 Å². The number of piperidine rings is 2. The first-order valence-corrected chi connectivity index (χ1v) is 12.8. The highest BCUT2D eigenvalue weighted by atomic mass is 35.5. The first kappa shape index (κ1) is 26.4. The minimum atomic E-state index is -0.103. The molecule has 0 radical (unpaired) electrons. The average Bonchev–Trinajstić information content (AvgIpc) is 3.29. The zero-order valence-corrected chi connectivity index (χ0v) is 22.1. The summed E-state index contributed by atoms with van der Waals surface area (Å²) >= 11 is 0. The summed E-state index contributed by atoms with van der Waals surface area (Å²) in [5.74, 6) is 1.04. The lowest BCUT2D eigenvalue weighted by Crippen LogP contribution is -2.47. The summed E-state index contributed by atoms with van der Waals surface area (Å²) in [6, 6.07) is 17.8. The van der Waals surface area contributed by atoms with Gasteiger partial charge >= 0.3 is 0 Å². The standard InChI is InChI=1S/C28H35FN4.2ClH/c1-20-31-26-7-2-3-8-27(26)33(20)25-18-23-9-10-24(19-25)32(23)16-13-28(11-14-30-15-12-28)21-5-4-6-22(29)17-21;;/h2-8,17,23-25,30H,9-16,18-19H2,1H3;2*1H/t23-,24?,25?;;/m0../s1. The van der Waals surface area contributed by atoms with Gasteiger partial charge in [-0.25, -0.2) is 9.37 Å². The Balaban J connectivity index is 0.00000144. The Morgan fingerprint density at radius 3 is 2.40 bits per heavy atom. The number of hydrogen-bond acceptors (Lipinski definition) is 3. The maximum absolute atomic E-state index is 14.1.